The number of imidazole rings is 1. The Kier molecular flexibility index (Phi) is 7.47. The zero-order valence-corrected chi connectivity index (χ0v) is 23.1. The van der Waals surface area contributed by atoms with Gasteiger partial charge in [-0.1, -0.05) is 12.1 Å². The van der Waals surface area contributed by atoms with Crippen LogP contribution in [0.1, 0.15) is 33.0 Å². The average Bonchev–Trinajstić information content (AvgIpc) is 3.53. The zero-order valence-electron chi connectivity index (χ0n) is 22.3. The van der Waals surface area contributed by atoms with E-state index in [0.717, 1.165) is 18.0 Å². The van der Waals surface area contributed by atoms with Gasteiger partial charge in [-0.25, -0.2) is 23.8 Å². The minimum atomic E-state index is -0.539. The van der Waals surface area contributed by atoms with Crippen LogP contribution in [0.25, 0.3) is 21.6 Å². The van der Waals surface area contributed by atoms with Crippen LogP contribution in [-0.2, 0) is 29.2 Å². The maximum atomic E-state index is 14.2. The highest BCUT2D eigenvalue weighted by Gasteiger charge is 2.24. The molecule has 5 aromatic rings. The molecule has 1 aliphatic heterocycles. The molecule has 13 heteroatoms. The first-order chi connectivity index (χ1) is 20.4. The van der Waals surface area contributed by atoms with Gasteiger partial charge in [0.05, 0.1) is 48.8 Å². The molecule has 6 rings (SSSR count). The van der Waals surface area contributed by atoms with Crippen LogP contribution < -0.4 is 10.3 Å². The monoisotopic (exact) mass is 586 g/mol. The van der Waals surface area contributed by atoms with Gasteiger partial charge in [-0.3, -0.25) is 4.79 Å². The number of ether oxygens (including phenoxy) is 3. The summed E-state index contributed by atoms with van der Waals surface area (Å²) in [6.07, 6.45) is 2.48. The highest BCUT2D eigenvalue weighted by atomic mass is 32.1. The Morgan fingerprint density at radius 3 is 2.81 bits per heavy atom. The molecule has 0 aliphatic carbocycles. The number of carbonyl (C=O) groups excluding carboxylic acids is 1. The van der Waals surface area contributed by atoms with Crippen LogP contribution in [0.3, 0.4) is 0 Å². The molecule has 0 bridgehead atoms. The van der Waals surface area contributed by atoms with Gasteiger partial charge in [0.2, 0.25) is 5.88 Å². The van der Waals surface area contributed by atoms with Crippen LogP contribution in [0.2, 0.25) is 0 Å². The molecule has 0 saturated carbocycles. The number of rotatable bonds is 9. The summed E-state index contributed by atoms with van der Waals surface area (Å²) in [5.74, 6) is -0.104. The van der Waals surface area contributed by atoms with Gasteiger partial charge < -0.3 is 18.8 Å². The van der Waals surface area contributed by atoms with Crippen LogP contribution in [-0.4, -0.2) is 50.1 Å². The lowest BCUT2D eigenvalue weighted by Crippen LogP contribution is -2.32. The number of esters is 1. The second-order valence-corrected chi connectivity index (χ2v) is 10.6. The van der Waals surface area contributed by atoms with Crippen LogP contribution in [0.4, 0.5) is 4.39 Å². The van der Waals surface area contributed by atoms with Crippen LogP contribution in [0.15, 0.2) is 59.5 Å². The molecule has 0 N–H and O–H groups in total. The lowest BCUT2D eigenvalue weighted by atomic mass is 10.1. The number of methoxy groups -OCH3 is 1. The number of halogens is 1. The number of hydrogen-bond acceptors (Lipinski definition) is 10. The van der Waals surface area contributed by atoms with Crippen molar-refractivity contribution in [1.82, 2.24) is 24.3 Å². The first-order valence-corrected chi connectivity index (χ1v) is 13.8. The van der Waals surface area contributed by atoms with Crippen molar-refractivity contribution >= 4 is 27.7 Å². The predicted molar refractivity (Wildman–Crippen MR) is 150 cm³/mol. The summed E-state index contributed by atoms with van der Waals surface area (Å²) in [6.45, 7) is 1.28. The third-order valence-corrected chi connectivity index (χ3v) is 7.83. The van der Waals surface area contributed by atoms with Gasteiger partial charge in [0, 0.05) is 29.9 Å². The SMILES string of the molecule is COC(=O)c1cc2c(nc(Cn3ncc(-c4cccc(OCc5ccc(C#N)cc5F)n4)cc3=O)n2CC2CCO2)s1. The maximum absolute atomic E-state index is 14.2. The van der Waals surface area contributed by atoms with Crippen molar-refractivity contribution in [2.75, 3.05) is 13.7 Å². The fourth-order valence-electron chi connectivity index (χ4n) is 4.49. The average molecular weight is 587 g/mol. The first kappa shape index (κ1) is 27.3. The van der Waals surface area contributed by atoms with E-state index in [1.54, 1.807) is 24.3 Å². The molecule has 1 saturated heterocycles. The molecule has 212 valence electrons. The largest absolute Gasteiger partial charge is 0.473 e. The Bertz CT molecular complexity index is 1900. The molecule has 1 fully saturated rings. The van der Waals surface area contributed by atoms with Crippen LogP contribution in [0, 0.1) is 17.1 Å². The molecule has 11 nitrogen and oxygen atoms in total. The number of nitriles is 1. The molecule has 42 heavy (non-hydrogen) atoms. The van der Waals surface area contributed by atoms with Gasteiger partial charge in [0.15, 0.2) is 0 Å². The Labute approximate surface area is 242 Å². The van der Waals surface area contributed by atoms with E-state index >= 15 is 0 Å². The Balaban J connectivity index is 1.21. The molecule has 5 heterocycles. The van der Waals surface area contributed by atoms with Gasteiger partial charge in [0.25, 0.3) is 5.56 Å². The number of aromatic nitrogens is 5. The summed E-state index contributed by atoms with van der Waals surface area (Å²) >= 11 is 1.23. The molecule has 1 unspecified atom stereocenters. The van der Waals surface area contributed by atoms with Crippen molar-refractivity contribution in [3.63, 3.8) is 0 Å². The standard InChI is InChI=1S/C29H23FN6O5S/c1-39-29(38)24-11-23-28(42-24)34-25(35(23)14-20-7-8-40-20)15-36-27(37)10-19(13-32-36)22-3-2-4-26(33-22)41-16-18-6-5-17(12-31)9-21(18)30/h2-6,9-11,13,20H,7-8,14-16H2,1H3. The summed E-state index contributed by atoms with van der Waals surface area (Å²) < 4.78 is 33.6. The Morgan fingerprint density at radius 2 is 2.10 bits per heavy atom. The maximum Gasteiger partial charge on any atom is 0.348 e. The molecule has 0 spiro atoms. The van der Waals surface area contributed by atoms with Crippen LogP contribution in [0.5, 0.6) is 5.88 Å². The molecular weight excluding hydrogens is 563 g/mol. The van der Waals surface area contributed by atoms with E-state index in [0.29, 0.717) is 39.9 Å². The van der Waals surface area contributed by atoms with Gasteiger partial charge in [-0.2, -0.15) is 10.4 Å². The molecule has 4 aromatic heterocycles. The van der Waals surface area contributed by atoms with Crippen molar-refractivity contribution in [3.8, 4) is 23.2 Å². The quantitative estimate of drug-likeness (QED) is 0.236. The minimum absolute atomic E-state index is 0.0312. The fourth-order valence-corrected chi connectivity index (χ4v) is 5.46. The normalized spacial score (nSPS) is 14.4. The van der Waals surface area contributed by atoms with Gasteiger partial charge >= 0.3 is 5.97 Å². The van der Waals surface area contributed by atoms with E-state index in [4.69, 9.17) is 24.5 Å². The first-order valence-electron chi connectivity index (χ1n) is 13.0. The number of fused-ring (bicyclic) bond motifs is 1. The van der Waals surface area contributed by atoms with E-state index in [9.17, 15) is 14.0 Å². The molecule has 0 radical (unpaired) electrons. The van der Waals surface area contributed by atoms with Gasteiger partial charge in [-0.05, 0) is 30.7 Å². The number of hydrogen-bond donors (Lipinski definition) is 0. The van der Waals surface area contributed by atoms with E-state index in [2.05, 4.69) is 10.1 Å². The highest BCUT2D eigenvalue weighted by Crippen LogP contribution is 2.29. The Morgan fingerprint density at radius 1 is 1.24 bits per heavy atom. The van der Waals surface area contributed by atoms with Crippen molar-refractivity contribution in [2.24, 2.45) is 0 Å². The lowest BCUT2D eigenvalue weighted by molar-refractivity contribution is -0.0590. The molecule has 1 aliphatic rings. The topological polar surface area (TPSA) is 134 Å². The summed E-state index contributed by atoms with van der Waals surface area (Å²) in [4.78, 5) is 35.4. The molecule has 1 aromatic carbocycles. The Hall–Kier alpha value is -4.93. The summed E-state index contributed by atoms with van der Waals surface area (Å²) in [6, 6.07) is 14.3. The number of pyridine rings is 1. The van der Waals surface area contributed by atoms with E-state index in [-0.39, 0.29) is 41.8 Å². The number of thiophene rings is 1. The van der Waals surface area contributed by atoms with E-state index in [1.165, 1.54) is 47.5 Å². The predicted octanol–water partition coefficient (Wildman–Crippen LogP) is 3.93. The summed E-state index contributed by atoms with van der Waals surface area (Å²) in [7, 11) is 1.33. The lowest BCUT2D eigenvalue weighted by Gasteiger charge is -2.27. The van der Waals surface area contributed by atoms with Crippen molar-refractivity contribution in [2.45, 2.75) is 32.2 Å². The van der Waals surface area contributed by atoms with E-state index in [1.807, 2.05) is 10.6 Å². The highest BCUT2D eigenvalue weighted by molar-refractivity contribution is 7.20. The smallest absolute Gasteiger partial charge is 0.348 e. The third-order valence-electron chi connectivity index (χ3n) is 6.83. The zero-order chi connectivity index (χ0) is 29.2. The molecular formula is C29H23FN6O5S. The van der Waals surface area contributed by atoms with Gasteiger partial charge in [0.1, 0.15) is 34.5 Å². The van der Waals surface area contributed by atoms with E-state index < -0.39 is 11.8 Å². The van der Waals surface area contributed by atoms with Crippen LogP contribution >= 0.6 is 11.3 Å². The summed E-state index contributed by atoms with van der Waals surface area (Å²) in [5, 5.41) is 13.3. The number of carbonyl (C=O) groups is 1. The second-order valence-electron chi connectivity index (χ2n) is 9.52. The van der Waals surface area contributed by atoms with Gasteiger partial charge in [-0.15, -0.1) is 11.3 Å². The minimum Gasteiger partial charge on any atom is -0.473 e. The summed E-state index contributed by atoms with van der Waals surface area (Å²) in [5.41, 5.74) is 1.88. The van der Waals surface area contributed by atoms with Crippen molar-refractivity contribution in [3.05, 3.63) is 92.7 Å². The fraction of sp³-hybridized carbons (Fsp3) is 0.241. The molecule has 1 atom stereocenters. The second kappa shape index (κ2) is 11.5. The number of nitrogens with zero attached hydrogens (tertiary/aromatic N) is 6. The number of benzene rings is 1. The van der Waals surface area contributed by atoms with Crippen molar-refractivity contribution in [1.29, 1.82) is 5.26 Å². The molecule has 0 amide bonds. The van der Waals surface area contributed by atoms with Crippen molar-refractivity contribution < 1.29 is 23.4 Å². The third kappa shape index (κ3) is 5.50.